The number of H-pyrrole nitrogens is 1. The van der Waals surface area contributed by atoms with Crippen molar-refractivity contribution in [1.82, 2.24) is 20.9 Å². The highest BCUT2D eigenvalue weighted by Gasteiger charge is 2.31. The van der Waals surface area contributed by atoms with Crippen LogP contribution in [-0.4, -0.2) is 69.5 Å². The first-order chi connectivity index (χ1) is 16.0. The van der Waals surface area contributed by atoms with E-state index >= 15 is 0 Å². The number of amides is 3. The molecular formula is C22H29N5O7. The maximum absolute atomic E-state index is 12.8. The molecule has 0 saturated carbocycles. The van der Waals surface area contributed by atoms with Crippen molar-refractivity contribution in [2.24, 2.45) is 11.7 Å². The zero-order valence-electron chi connectivity index (χ0n) is 18.8. The first-order valence-corrected chi connectivity index (χ1v) is 10.6. The third kappa shape index (κ3) is 7.30. The molecule has 3 amide bonds. The van der Waals surface area contributed by atoms with Gasteiger partial charge in [-0.05, 0) is 24.0 Å². The largest absolute Gasteiger partial charge is 0.481 e. The molecule has 0 bridgehead atoms. The van der Waals surface area contributed by atoms with Gasteiger partial charge in [-0.3, -0.25) is 24.0 Å². The van der Waals surface area contributed by atoms with Crippen LogP contribution in [-0.2, 0) is 30.4 Å². The van der Waals surface area contributed by atoms with Crippen LogP contribution in [0.1, 0.15) is 25.8 Å². The molecule has 2 aromatic rings. The Bertz CT molecular complexity index is 1060. The Hall–Kier alpha value is -3.93. The summed E-state index contributed by atoms with van der Waals surface area (Å²) >= 11 is 0. The van der Waals surface area contributed by atoms with E-state index in [-0.39, 0.29) is 6.42 Å². The van der Waals surface area contributed by atoms with Crippen molar-refractivity contribution in [2.75, 3.05) is 6.54 Å². The Morgan fingerprint density at radius 2 is 1.65 bits per heavy atom. The van der Waals surface area contributed by atoms with E-state index in [9.17, 15) is 29.1 Å². The van der Waals surface area contributed by atoms with Crippen LogP contribution in [0, 0.1) is 5.92 Å². The van der Waals surface area contributed by atoms with Crippen LogP contribution in [0.15, 0.2) is 30.5 Å². The van der Waals surface area contributed by atoms with Crippen molar-refractivity contribution >= 4 is 40.6 Å². The minimum Gasteiger partial charge on any atom is -0.481 e. The number of aliphatic carboxylic acids is 2. The summed E-state index contributed by atoms with van der Waals surface area (Å²) in [5.74, 6) is -5.43. The number of carbonyl (C=O) groups is 5. The smallest absolute Gasteiger partial charge is 0.322 e. The van der Waals surface area contributed by atoms with Gasteiger partial charge in [0.05, 0.1) is 12.5 Å². The second kappa shape index (κ2) is 11.8. The fraction of sp³-hybridized carbons (Fsp3) is 0.409. The molecular weight excluding hydrogens is 446 g/mol. The Morgan fingerprint density at radius 1 is 0.971 bits per heavy atom. The summed E-state index contributed by atoms with van der Waals surface area (Å²) in [6.45, 7) is 2.59. The number of aromatic amines is 1. The maximum Gasteiger partial charge on any atom is 0.322 e. The summed E-state index contributed by atoms with van der Waals surface area (Å²) in [7, 11) is 0. The lowest BCUT2D eigenvalue weighted by Gasteiger charge is -2.25. The van der Waals surface area contributed by atoms with E-state index in [4.69, 9.17) is 10.8 Å². The molecule has 0 aliphatic rings. The third-order valence-corrected chi connectivity index (χ3v) is 5.12. The number of rotatable bonds is 12. The molecule has 34 heavy (non-hydrogen) atoms. The van der Waals surface area contributed by atoms with Crippen LogP contribution in [0.3, 0.4) is 0 Å². The minimum absolute atomic E-state index is 0.142. The number of carboxylic acid groups (broad SMARTS) is 2. The van der Waals surface area contributed by atoms with Gasteiger partial charge in [-0.1, -0.05) is 32.0 Å². The van der Waals surface area contributed by atoms with E-state index in [0.29, 0.717) is 0 Å². The third-order valence-electron chi connectivity index (χ3n) is 5.12. The summed E-state index contributed by atoms with van der Waals surface area (Å²) in [5, 5.41) is 25.7. The summed E-state index contributed by atoms with van der Waals surface area (Å²) in [6, 6.07) is 3.74. The van der Waals surface area contributed by atoms with Gasteiger partial charge in [0.15, 0.2) is 0 Å². The normalized spacial score (nSPS) is 13.6. The van der Waals surface area contributed by atoms with Crippen LogP contribution < -0.4 is 21.7 Å². The molecule has 184 valence electrons. The van der Waals surface area contributed by atoms with E-state index in [2.05, 4.69) is 20.9 Å². The molecule has 0 radical (unpaired) electrons. The number of hydrogen-bond acceptors (Lipinski definition) is 6. The predicted molar refractivity (Wildman–Crippen MR) is 122 cm³/mol. The van der Waals surface area contributed by atoms with Crippen molar-refractivity contribution in [3.8, 4) is 0 Å². The van der Waals surface area contributed by atoms with E-state index < -0.39 is 66.7 Å². The Balaban J connectivity index is 2.08. The number of benzene rings is 1. The fourth-order valence-electron chi connectivity index (χ4n) is 3.35. The number of aromatic nitrogens is 1. The molecule has 1 heterocycles. The van der Waals surface area contributed by atoms with Crippen molar-refractivity contribution in [3.63, 3.8) is 0 Å². The van der Waals surface area contributed by atoms with Crippen molar-refractivity contribution < 1.29 is 34.2 Å². The Labute approximate surface area is 195 Å². The quantitative estimate of drug-likeness (QED) is 0.209. The fourth-order valence-corrected chi connectivity index (χ4v) is 3.35. The van der Waals surface area contributed by atoms with Gasteiger partial charge in [-0.15, -0.1) is 0 Å². The van der Waals surface area contributed by atoms with Crippen LogP contribution in [0.4, 0.5) is 0 Å². The number of fused-ring (bicyclic) bond motifs is 1. The van der Waals surface area contributed by atoms with Crippen molar-refractivity contribution in [3.05, 3.63) is 36.0 Å². The average molecular weight is 476 g/mol. The van der Waals surface area contributed by atoms with Gasteiger partial charge in [0.2, 0.25) is 17.7 Å². The number of nitrogens with one attached hydrogen (secondary N) is 4. The molecule has 1 aromatic carbocycles. The number of para-hydroxylation sites is 1. The van der Waals surface area contributed by atoms with Gasteiger partial charge in [0.25, 0.3) is 0 Å². The summed E-state index contributed by atoms with van der Waals surface area (Å²) in [5.41, 5.74) is 7.67. The SMILES string of the molecule is CC(C)C(NC(=O)C(CC(=O)O)NC(=O)C(N)Cc1c[nH]c2ccccc12)C(=O)NCC(=O)O. The van der Waals surface area contributed by atoms with Gasteiger partial charge in [-0.2, -0.15) is 0 Å². The number of hydrogen-bond donors (Lipinski definition) is 7. The lowest BCUT2D eigenvalue weighted by Crippen LogP contribution is -2.57. The van der Waals surface area contributed by atoms with Gasteiger partial charge >= 0.3 is 11.9 Å². The number of nitrogens with two attached hydrogens (primary N) is 1. The van der Waals surface area contributed by atoms with Gasteiger partial charge < -0.3 is 36.9 Å². The average Bonchev–Trinajstić information content (AvgIpc) is 3.17. The second-order valence-electron chi connectivity index (χ2n) is 8.17. The first kappa shape index (κ1) is 26.3. The van der Waals surface area contributed by atoms with Crippen LogP contribution in [0.2, 0.25) is 0 Å². The van der Waals surface area contributed by atoms with E-state index in [1.54, 1.807) is 20.0 Å². The molecule has 3 atom stereocenters. The molecule has 0 fully saturated rings. The molecule has 0 aliphatic carbocycles. The summed E-state index contributed by atoms with van der Waals surface area (Å²) in [4.78, 5) is 62.7. The van der Waals surface area contributed by atoms with Crippen molar-refractivity contribution in [2.45, 2.75) is 44.8 Å². The molecule has 12 nitrogen and oxygen atoms in total. The van der Waals surface area contributed by atoms with E-state index in [1.807, 2.05) is 24.3 Å². The lowest BCUT2D eigenvalue weighted by atomic mass is 10.0. The molecule has 3 unspecified atom stereocenters. The molecule has 8 N–H and O–H groups in total. The zero-order valence-corrected chi connectivity index (χ0v) is 18.8. The molecule has 2 rings (SSSR count). The molecule has 0 saturated heterocycles. The molecule has 0 spiro atoms. The summed E-state index contributed by atoms with van der Waals surface area (Å²) in [6.07, 6.45) is 1.13. The maximum atomic E-state index is 12.8. The monoisotopic (exact) mass is 475 g/mol. The van der Waals surface area contributed by atoms with Crippen molar-refractivity contribution in [1.29, 1.82) is 0 Å². The van der Waals surface area contributed by atoms with Crippen LogP contribution in [0.25, 0.3) is 10.9 Å². The zero-order chi connectivity index (χ0) is 25.4. The molecule has 1 aromatic heterocycles. The van der Waals surface area contributed by atoms with E-state index in [0.717, 1.165) is 16.5 Å². The standard InChI is InChI=1S/C22H29N5O7/c1-11(2)19(22(34)25-10-18(30)31)27-21(33)16(8-17(28)29)26-20(32)14(23)7-12-9-24-15-6-4-3-5-13(12)15/h3-6,9,11,14,16,19,24H,7-8,10,23H2,1-2H3,(H,25,34)(H,26,32)(H,27,33)(H,28,29)(H,30,31). The predicted octanol–water partition coefficient (Wildman–Crippen LogP) is -0.661. The molecule has 12 heteroatoms. The summed E-state index contributed by atoms with van der Waals surface area (Å²) < 4.78 is 0. The van der Waals surface area contributed by atoms with Gasteiger partial charge in [-0.25, -0.2) is 0 Å². The topological polar surface area (TPSA) is 204 Å². The Morgan fingerprint density at radius 3 is 2.26 bits per heavy atom. The lowest BCUT2D eigenvalue weighted by molar-refractivity contribution is -0.142. The van der Waals surface area contributed by atoms with Gasteiger partial charge in [0, 0.05) is 17.1 Å². The minimum atomic E-state index is -1.49. The highest BCUT2D eigenvalue weighted by Crippen LogP contribution is 2.18. The van der Waals surface area contributed by atoms with Crippen LogP contribution in [0.5, 0.6) is 0 Å². The highest BCUT2D eigenvalue weighted by atomic mass is 16.4. The first-order valence-electron chi connectivity index (χ1n) is 10.6. The van der Waals surface area contributed by atoms with E-state index in [1.165, 1.54) is 0 Å². The number of carbonyl (C=O) groups excluding carboxylic acids is 3. The van der Waals surface area contributed by atoms with Crippen LogP contribution >= 0.6 is 0 Å². The molecule has 0 aliphatic heterocycles. The van der Waals surface area contributed by atoms with Gasteiger partial charge in [0.1, 0.15) is 18.6 Å². The second-order valence-corrected chi connectivity index (χ2v) is 8.17. The Kier molecular flexibility index (Phi) is 9.13. The highest BCUT2D eigenvalue weighted by molar-refractivity contribution is 5.95. The number of carboxylic acids is 2.